The number of ketones is 3. The number of imidazole rings is 4. The van der Waals surface area contributed by atoms with Gasteiger partial charge in [-0.25, -0.2) is 19.9 Å². The smallest absolute Gasteiger partial charge is 0.178 e. The van der Waals surface area contributed by atoms with Gasteiger partial charge in [-0.3, -0.25) is 62.0 Å². The van der Waals surface area contributed by atoms with Gasteiger partial charge in [0.2, 0.25) is 0 Å². The van der Waals surface area contributed by atoms with Crippen LogP contribution in [0.4, 0.5) is 23.3 Å². The third-order valence-corrected chi connectivity index (χ3v) is 22.9. The number of fused-ring (bicyclic) bond motifs is 4. The predicted octanol–water partition coefficient (Wildman–Crippen LogP) is 11.8. The van der Waals surface area contributed by atoms with E-state index in [1.165, 1.54) is 35.4 Å². The van der Waals surface area contributed by atoms with E-state index in [1.54, 1.807) is 55.9 Å². The van der Waals surface area contributed by atoms with Crippen LogP contribution >= 0.6 is 0 Å². The number of Topliss-reactive ketones (excluding diaryl/α,β-unsaturated/α-hetero) is 1. The average molecular weight is 1590 g/mol. The summed E-state index contributed by atoms with van der Waals surface area (Å²) in [4.78, 5) is 101. The highest BCUT2D eigenvalue weighted by Crippen LogP contribution is 2.36. The lowest BCUT2D eigenvalue weighted by molar-refractivity contribution is -0.122. The molecule has 6 saturated heterocycles. The van der Waals surface area contributed by atoms with Gasteiger partial charge >= 0.3 is 0 Å². The molecule has 0 amide bonds. The van der Waals surface area contributed by atoms with E-state index in [0.29, 0.717) is 24.6 Å². The van der Waals surface area contributed by atoms with Gasteiger partial charge in [-0.2, -0.15) is 0 Å². The molecule has 4 atom stereocenters. The topological polar surface area (TPSA) is 239 Å². The Morgan fingerprint density at radius 2 is 0.737 bits per heavy atom. The third kappa shape index (κ3) is 20.8. The minimum atomic E-state index is -0.0992. The zero-order valence-electron chi connectivity index (χ0n) is 69.4. The van der Waals surface area contributed by atoms with Crippen LogP contribution in [0.2, 0.25) is 0 Å². The standard InChI is InChI=1S/C23H28N6O.C23H30N6.C23H25N5O.C16H20N4O.C7H7NO/c1-16-5-4-8-24-23(16)19-14-17(30)13-18(25-19)20-15-29-21(26-20)6-3-7-22(29)28-11-9-27(2)10-12-28;1-17-6-5-11-24-23(17)19-8-3-7-18(25-19)20-16-29-21(26-20)9-4-10-22(29)28-14-12-27(2)13-15-28;1-18-5-4-12-24-21(18)11-10-20(29)9-8-19-17-28-22(25-19)6-3-7-23(28)27-15-13-26(2)14-16-27;1-13(21)6-7-14-12-20-15(17-14)4-3-5-16(20)19-10-8-18(2)9-11-19;1-6-3-2-4-8-7(6)5-9/h3-8,15,18-19,25H,9-14H2,1-2H3;4-6,9-11,16,18-19,25H,3,7-8,12-15H2,1-2H3;3-12,17H,13-16H2,1-2H3;3-7,12H,8-11H2,1-2H3;2-5H,1H3/b;;9-8+,11-10+;7-6+;. The second-order valence-corrected chi connectivity index (χ2v) is 31.6. The SMILES string of the molecule is CC(=O)/C=C/c1cn2c(N3CCN(C)CC3)cccc2n1.Cc1cccnc1/C=C/C(=O)/C=C/c1cn2c(N3CCN(C)CC3)cccc2n1.Cc1cccnc1C1CC(=O)CC(c2cn3c(N4CCN(C)CC4)cccc3n2)N1.Cc1cccnc1C1CCCC(c2cn3c(N4CCN(C)CC4)cccc3n2)N1.Cc1cccnc1C=O. The lowest BCUT2D eigenvalue weighted by atomic mass is 9.92. The lowest BCUT2D eigenvalue weighted by Gasteiger charge is -2.34. The Morgan fingerprint density at radius 1 is 0.381 bits per heavy atom. The number of hydrogen-bond donors (Lipinski definition) is 2. The fourth-order valence-corrected chi connectivity index (χ4v) is 16.0. The second kappa shape index (κ2) is 39.0. The fraction of sp³-hybridized carbons (Fsp3) is 0.370. The maximum Gasteiger partial charge on any atom is 0.178 e. The number of nitrogens with one attached hydrogen (secondary N) is 2. The fourth-order valence-electron chi connectivity index (χ4n) is 16.0. The number of anilines is 4. The van der Waals surface area contributed by atoms with Crippen molar-refractivity contribution in [1.82, 2.24) is 87.7 Å². The molecule has 0 saturated carbocycles. The van der Waals surface area contributed by atoms with Crippen LogP contribution < -0.4 is 30.2 Å². The number of carbonyl (C=O) groups is 4. The number of piperazine rings is 4. The molecule has 0 bridgehead atoms. The Labute approximate surface area is 691 Å². The summed E-state index contributed by atoms with van der Waals surface area (Å²) in [5, 5.41) is 7.48. The molecule has 0 spiro atoms. The van der Waals surface area contributed by atoms with Crippen molar-refractivity contribution in [1.29, 1.82) is 0 Å². The number of pyridine rings is 8. The van der Waals surface area contributed by atoms with Crippen LogP contribution in [0, 0.1) is 27.7 Å². The quantitative estimate of drug-likeness (QED) is 0.0716. The summed E-state index contributed by atoms with van der Waals surface area (Å²) in [7, 11) is 8.67. The highest BCUT2D eigenvalue weighted by atomic mass is 16.1. The number of allylic oxidation sites excluding steroid dienone is 3. The van der Waals surface area contributed by atoms with Gasteiger partial charge < -0.3 is 44.5 Å². The van der Waals surface area contributed by atoms with E-state index in [2.05, 4.69) is 193 Å². The maximum atomic E-state index is 12.6. The number of likely N-dealkylation sites (N-methyl/N-ethyl adjacent to an activating group) is 4. The average Bonchev–Trinajstić information content (AvgIpc) is 1.65. The number of carbonyl (C=O) groups excluding carboxylic acids is 4. The molecule has 0 aliphatic carbocycles. The lowest BCUT2D eigenvalue weighted by Crippen LogP contribution is -2.45. The van der Waals surface area contributed by atoms with Crippen LogP contribution in [-0.4, -0.2) is 234 Å². The van der Waals surface area contributed by atoms with Crippen LogP contribution in [0.3, 0.4) is 0 Å². The molecule has 6 aliphatic rings. The second-order valence-electron chi connectivity index (χ2n) is 31.6. The number of rotatable bonds is 15. The first kappa shape index (κ1) is 82.7. The molecular weight excluding hydrogens is 1480 g/mol. The van der Waals surface area contributed by atoms with Gasteiger partial charge in [-0.05, 0) is 214 Å². The predicted molar refractivity (Wildman–Crippen MR) is 469 cm³/mol. The van der Waals surface area contributed by atoms with E-state index in [0.717, 1.165) is 209 Å². The molecule has 12 aromatic rings. The van der Waals surface area contributed by atoms with E-state index in [1.807, 2.05) is 112 Å². The van der Waals surface area contributed by atoms with Crippen LogP contribution in [0.1, 0.15) is 136 Å². The van der Waals surface area contributed by atoms with E-state index in [9.17, 15) is 19.2 Å². The van der Waals surface area contributed by atoms with Gasteiger partial charge in [0.1, 0.15) is 57.3 Å². The third-order valence-electron chi connectivity index (χ3n) is 22.9. The molecule has 0 aromatic carbocycles. The first-order valence-corrected chi connectivity index (χ1v) is 41.3. The molecule has 18 heterocycles. The van der Waals surface area contributed by atoms with Crippen molar-refractivity contribution in [2.75, 3.05) is 153 Å². The zero-order chi connectivity index (χ0) is 82.2. The molecule has 4 unspecified atom stereocenters. The van der Waals surface area contributed by atoms with E-state index < -0.39 is 0 Å². The molecule has 12 aromatic heterocycles. The Balaban J connectivity index is 0.000000125. The molecule has 26 heteroatoms. The van der Waals surface area contributed by atoms with Crippen molar-refractivity contribution in [3.05, 3.63) is 257 Å². The van der Waals surface area contributed by atoms with Crippen LogP contribution in [0.15, 0.2) is 189 Å². The van der Waals surface area contributed by atoms with Gasteiger partial charge in [0.25, 0.3) is 0 Å². The van der Waals surface area contributed by atoms with Gasteiger partial charge in [-0.1, -0.05) is 48.5 Å². The highest BCUT2D eigenvalue weighted by molar-refractivity contribution is 6.04. The zero-order valence-corrected chi connectivity index (χ0v) is 69.4. The molecule has 2 N–H and O–H groups in total. The summed E-state index contributed by atoms with van der Waals surface area (Å²) in [6, 6.07) is 41.1. The number of nitrogens with zero attached hydrogens (tertiary/aromatic N) is 20. The molecule has 26 nitrogen and oxygen atoms in total. The van der Waals surface area contributed by atoms with Gasteiger partial charge in [0.15, 0.2) is 17.9 Å². The molecule has 6 fully saturated rings. The summed E-state index contributed by atoms with van der Waals surface area (Å²) in [6.45, 7) is 26.3. The van der Waals surface area contributed by atoms with Crippen molar-refractivity contribution in [3.63, 3.8) is 0 Å². The van der Waals surface area contributed by atoms with Gasteiger partial charge in [-0.15, -0.1) is 0 Å². The molecule has 6 aliphatic heterocycles. The van der Waals surface area contributed by atoms with Crippen molar-refractivity contribution < 1.29 is 19.2 Å². The van der Waals surface area contributed by atoms with Gasteiger partial charge in [0.05, 0.1) is 64.0 Å². The Kier molecular flexibility index (Phi) is 27.3. The molecule has 18 rings (SSSR count). The first-order valence-electron chi connectivity index (χ1n) is 41.3. The Morgan fingerprint density at radius 3 is 1.15 bits per heavy atom. The number of aryl methyl sites for hydroxylation is 4. The molecule has 118 heavy (non-hydrogen) atoms. The van der Waals surface area contributed by atoms with Crippen LogP contribution in [0.5, 0.6) is 0 Å². The summed E-state index contributed by atoms with van der Waals surface area (Å²) < 4.78 is 8.65. The Bertz CT molecular complexity index is 5530. The van der Waals surface area contributed by atoms with Crippen LogP contribution in [0.25, 0.3) is 40.8 Å². The minimum Gasteiger partial charge on any atom is -0.355 e. The summed E-state index contributed by atoms with van der Waals surface area (Å²) >= 11 is 0. The first-order chi connectivity index (χ1) is 57.3. The van der Waals surface area contributed by atoms with Gasteiger partial charge in [0, 0.05) is 167 Å². The van der Waals surface area contributed by atoms with E-state index >= 15 is 0 Å². The van der Waals surface area contributed by atoms with Crippen molar-refractivity contribution >= 4 is 87.7 Å². The summed E-state index contributed by atoms with van der Waals surface area (Å²) in [5.41, 5.74) is 15.2. The summed E-state index contributed by atoms with van der Waals surface area (Å²) in [5.74, 6) is 4.92. The largest absolute Gasteiger partial charge is 0.355 e. The van der Waals surface area contributed by atoms with E-state index in [-0.39, 0.29) is 35.5 Å². The minimum absolute atomic E-state index is 0.0337. The molecule has 612 valence electrons. The number of aldehydes is 1. The molecule has 0 radical (unpaired) electrons. The highest BCUT2D eigenvalue weighted by Gasteiger charge is 2.33. The monoisotopic (exact) mass is 1590 g/mol. The van der Waals surface area contributed by atoms with Crippen molar-refractivity contribution in [2.45, 2.75) is 90.9 Å². The van der Waals surface area contributed by atoms with Crippen molar-refractivity contribution in [3.8, 4) is 0 Å². The Hall–Kier alpha value is -11.8. The number of piperidine rings is 2. The van der Waals surface area contributed by atoms with Crippen molar-refractivity contribution in [2.24, 2.45) is 0 Å². The summed E-state index contributed by atoms with van der Waals surface area (Å²) in [6.07, 6.45) is 30.4. The number of aromatic nitrogens is 12. The number of hydrogen-bond acceptors (Lipinski definition) is 22. The normalized spacial score (nSPS) is 19.3. The van der Waals surface area contributed by atoms with Crippen LogP contribution in [-0.2, 0) is 14.4 Å². The maximum absolute atomic E-state index is 12.6. The van der Waals surface area contributed by atoms with E-state index in [4.69, 9.17) is 9.97 Å². The molecular formula is C92H110N22O4.